The van der Waals surface area contributed by atoms with E-state index < -0.39 is 5.82 Å². The Bertz CT molecular complexity index is 676. The number of halogens is 2. The molecule has 0 aliphatic rings. The van der Waals surface area contributed by atoms with E-state index in [4.69, 9.17) is 0 Å². The molecule has 1 aromatic carbocycles. The first-order valence-electron chi connectivity index (χ1n) is 6.49. The highest BCUT2D eigenvalue weighted by molar-refractivity contribution is 9.10. The Hall–Kier alpha value is -1.95. The molecule has 0 saturated heterocycles. The van der Waals surface area contributed by atoms with Crippen LogP contribution >= 0.6 is 15.9 Å². The molecule has 2 N–H and O–H groups in total. The predicted octanol–water partition coefficient (Wildman–Crippen LogP) is 3.98. The summed E-state index contributed by atoms with van der Waals surface area (Å²) >= 11 is 3.11. The van der Waals surface area contributed by atoms with Gasteiger partial charge in [-0.3, -0.25) is 4.79 Å². The van der Waals surface area contributed by atoms with E-state index in [9.17, 15) is 9.18 Å². The van der Waals surface area contributed by atoms with Crippen molar-refractivity contribution >= 4 is 33.3 Å². The van der Waals surface area contributed by atoms with Crippen molar-refractivity contribution in [1.29, 1.82) is 0 Å². The van der Waals surface area contributed by atoms with E-state index in [1.807, 2.05) is 6.92 Å². The number of hydrogen-bond acceptors (Lipinski definition) is 3. The lowest BCUT2D eigenvalue weighted by Crippen LogP contribution is -2.15. The fourth-order valence-electron chi connectivity index (χ4n) is 1.81. The van der Waals surface area contributed by atoms with Crippen molar-refractivity contribution < 1.29 is 9.18 Å². The molecule has 6 heteroatoms. The summed E-state index contributed by atoms with van der Waals surface area (Å²) in [6.45, 7) is 4.46. The minimum atomic E-state index is -0.426. The summed E-state index contributed by atoms with van der Waals surface area (Å²) in [4.78, 5) is 16.4. The fourth-order valence-corrected chi connectivity index (χ4v) is 2.27. The Morgan fingerprint density at radius 1 is 1.38 bits per heavy atom. The molecule has 0 aliphatic carbocycles. The van der Waals surface area contributed by atoms with Gasteiger partial charge in [-0.15, -0.1) is 0 Å². The van der Waals surface area contributed by atoms with Gasteiger partial charge in [0.2, 0.25) is 0 Å². The lowest BCUT2D eigenvalue weighted by Gasteiger charge is -2.10. The van der Waals surface area contributed by atoms with Gasteiger partial charge in [0.1, 0.15) is 17.3 Å². The van der Waals surface area contributed by atoms with Gasteiger partial charge in [0.15, 0.2) is 0 Å². The quantitative estimate of drug-likeness (QED) is 0.875. The molecular formula is C15H15BrFN3O. The highest BCUT2D eigenvalue weighted by Crippen LogP contribution is 2.24. The second kappa shape index (κ2) is 6.67. The van der Waals surface area contributed by atoms with Crippen LogP contribution in [0.15, 0.2) is 34.8 Å². The second-order valence-electron chi connectivity index (χ2n) is 4.47. The van der Waals surface area contributed by atoms with Crippen LogP contribution in [0.1, 0.15) is 23.0 Å². The van der Waals surface area contributed by atoms with E-state index in [1.54, 1.807) is 31.2 Å². The van der Waals surface area contributed by atoms with Crippen LogP contribution in [0.5, 0.6) is 0 Å². The molecule has 0 fully saturated rings. The summed E-state index contributed by atoms with van der Waals surface area (Å²) in [7, 11) is 0. The Kier molecular flexibility index (Phi) is 4.90. The van der Waals surface area contributed by atoms with Crippen molar-refractivity contribution in [3.63, 3.8) is 0 Å². The molecule has 1 amide bonds. The predicted molar refractivity (Wildman–Crippen MR) is 85.2 cm³/mol. The van der Waals surface area contributed by atoms with Gasteiger partial charge in [-0.1, -0.05) is 6.07 Å². The van der Waals surface area contributed by atoms with Crippen molar-refractivity contribution in [2.45, 2.75) is 13.8 Å². The minimum absolute atomic E-state index is 0.274. The van der Waals surface area contributed by atoms with Crippen LogP contribution in [-0.2, 0) is 0 Å². The number of carbonyl (C=O) groups is 1. The first kappa shape index (κ1) is 15.4. The Morgan fingerprint density at radius 3 is 2.86 bits per heavy atom. The van der Waals surface area contributed by atoms with Gasteiger partial charge in [-0.05, 0) is 59.6 Å². The van der Waals surface area contributed by atoms with Crippen LogP contribution in [0.3, 0.4) is 0 Å². The highest BCUT2D eigenvalue weighted by atomic mass is 79.9. The maximum Gasteiger partial charge on any atom is 0.274 e. The summed E-state index contributed by atoms with van der Waals surface area (Å²) in [6, 6.07) is 8.04. The molecule has 1 aromatic heterocycles. The third-order valence-electron chi connectivity index (χ3n) is 2.86. The number of amides is 1. The average molecular weight is 352 g/mol. The zero-order valence-electron chi connectivity index (χ0n) is 11.7. The van der Waals surface area contributed by atoms with Gasteiger partial charge in [0.25, 0.3) is 5.91 Å². The summed E-state index contributed by atoms with van der Waals surface area (Å²) in [5.41, 5.74) is 1.46. The summed E-state index contributed by atoms with van der Waals surface area (Å²) in [6.07, 6.45) is 0. The molecule has 2 rings (SSSR count). The number of benzene rings is 1. The van der Waals surface area contributed by atoms with Crippen LogP contribution in [0.25, 0.3) is 0 Å². The zero-order valence-corrected chi connectivity index (χ0v) is 13.3. The molecule has 0 radical (unpaired) electrons. The van der Waals surface area contributed by atoms with E-state index in [-0.39, 0.29) is 11.6 Å². The molecule has 0 saturated carbocycles. The van der Waals surface area contributed by atoms with Crippen LogP contribution < -0.4 is 10.6 Å². The average Bonchev–Trinajstić information content (AvgIpc) is 2.45. The number of carbonyl (C=O) groups excluding carboxylic acids is 1. The van der Waals surface area contributed by atoms with E-state index in [0.717, 1.165) is 12.1 Å². The van der Waals surface area contributed by atoms with Crippen molar-refractivity contribution in [2.75, 3.05) is 17.2 Å². The van der Waals surface area contributed by atoms with Gasteiger partial charge in [0, 0.05) is 12.2 Å². The molecule has 0 bridgehead atoms. The Morgan fingerprint density at radius 2 is 2.14 bits per heavy atom. The topological polar surface area (TPSA) is 54.0 Å². The van der Waals surface area contributed by atoms with E-state index >= 15 is 0 Å². The normalized spacial score (nSPS) is 10.3. The molecule has 0 spiro atoms. The molecular weight excluding hydrogens is 337 g/mol. The van der Waals surface area contributed by atoms with Crippen molar-refractivity contribution in [3.05, 3.63) is 51.9 Å². The highest BCUT2D eigenvalue weighted by Gasteiger charge is 2.12. The number of nitrogens with zero attached hydrogens (tertiary/aromatic N) is 1. The SMILES string of the molecule is CCNc1cccc(C(=O)Nc2cc(F)c(Br)cc2C)n1. The number of pyridine rings is 1. The second-order valence-corrected chi connectivity index (χ2v) is 5.33. The molecule has 21 heavy (non-hydrogen) atoms. The lowest BCUT2D eigenvalue weighted by molar-refractivity contribution is 0.102. The number of aryl methyl sites for hydroxylation is 1. The fraction of sp³-hybridized carbons (Fsp3) is 0.200. The van der Waals surface area contributed by atoms with Crippen LogP contribution in [0.4, 0.5) is 15.9 Å². The largest absolute Gasteiger partial charge is 0.370 e. The van der Waals surface area contributed by atoms with Crippen LogP contribution in [0, 0.1) is 12.7 Å². The van der Waals surface area contributed by atoms with Gasteiger partial charge in [-0.25, -0.2) is 9.37 Å². The number of rotatable bonds is 4. The molecule has 4 nitrogen and oxygen atoms in total. The number of nitrogens with one attached hydrogen (secondary N) is 2. The van der Waals surface area contributed by atoms with Gasteiger partial charge < -0.3 is 10.6 Å². The molecule has 1 heterocycles. The zero-order chi connectivity index (χ0) is 15.4. The van der Waals surface area contributed by atoms with E-state index in [1.165, 1.54) is 6.07 Å². The van der Waals surface area contributed by atoms with Crippen LogP contribution in [-0.4, -0.2) is 17.4 Å². The smallest absolute Gasteiger partial charge is 0.274 e. The Balaban J connectivity index is 2.22. The van der Waals surface area contributed by atoms with Gasteiger partial charge in [-0.2, -0.15) is 0 Å². The number of hydrogen-bond donors (Lipinski definition) is 2. The molecule has 0 unspecified atom stereocenters. The van der Waals surface area contributed by atoms with Crippen molar-refractivity contribution in [2.24, 2.45) is 0 Å². The van der Waals surface area contributed by atoms with E-state index in [0.29, 0.717) is 16.0 Å². The summed E-state index contributed by atoms with van der Waals surface area (Å²) in [5.74, 6) is -0.173. The van der Waals surface area contributed by atoms with Gasteiger partial charge in [0.05, 0.1) is 4.47 Å². The molecule has 0 aliphatic heterocycles. The first-order chi connectivity index (χ1) is 10.0. The maximum absolute atomic E-state index is 13.6. The number of anilines is 2. The standard InChI is InChI=1S/C15H15BrFN3O/c1-3-18-14-6-4-5-12(19-14)15(21)20-13-8-11(17)10(16)7-9(13)2/h4-8H,3H2,1-2H3,(H,18,19)(H,20,21). The van der Waals surface area contributed by atoms with Crippen LogP contribution in [0.2, 0.25) is 0 Å². The molecule has 110 valence electrons. The summed E-state index contributed by atoms with van der Waals surface area (Å²) < 4.78 is 13.9. The van der Waals surface area contributed by atoms with Crippen molar-refractivity contribution in [1.82, 2.24) is 4.98 Å². The third kappa shape index (κ3) is 3.78. The molecule has 2 aromatic rings. The molecule has 0 atom stereocenters. The first-order valence-corrected chi connectivity index (χ1v) is 7.28. The Labute approximate surface area is 130 Å². The third-order valence-corrected chi connectivity index (χ3v) is 3.46. The monoisotopic (exact) mass is 351 g/mol. The maximum atomic E-state index is 13.6. The number of aromatic nitrogens is 1. The minimum Gasteiger partial charge on any atom is -0.370 e. The summed E-state index contributed by atoms with van der Waals surface area (Å²) in [5, 5.41) is 5.71. The van der Waals surface area contributed by atoms with E-state index in [2.05, 4.69) is 31.5 Å². The van der Waals surface area contributed by atoms with Gasteiger partial charge >= 0.3 is 0 Å². The van der Waals surface area contributed by atoms with Crippen molar-refractivity contribution in [3.8, 4) is 0 Å². The lowest BCUT2D eigenvalue weighted by atomic mass is 10.2.